The molecule has 0 saturated carbocycles. The molecule has 2 aromatic heterocycles. The fourth-order valence-electron chi connectivity index (χ4n) is 3.19. The first kappa shape index (κ1) is 18.7. The Balaban J connectivity index is 1.64. The minimum absolute atomic E-state index is 0.151. The second-order valence-corrected chi connectivity index (χ2v) is 6.95. The number of nitrogens with zero attached hydrogens (tertiary/aromatic N) is 4. The van der Waals surface area contributed by atoms with Gasteiger partial charge in [-0.2, -0.15) is 5.10 Å². The standard InChI is InChI=1S/C21H21N5O3/c1-14(2)18-13-16(24-26(18)19-9-5-6-10-22-19)20(27)23-15-7-3-4-8-17(15)25-11-12-29-21(25)28/h3-10,13-14H,11-12H2,1-2H3,(H,23,27). The van der Waals surface area contributed by atoms with Crippen molar-refractivity contribution in [3.63, 3.8) is 0 Å². The molecule has 1 N–H and O–H groups in total. The number of hydrogen-bond donors (Lipinski definition) is 1. The van der Waals surface area contributed by atoms with Crippen LogP contribution in [0.5, 0.6) is 0 Å². The Labute approximate surface area is 168 Å². The SMILES string of the molecule is CC(C)c1cc(C(=O)Nc2ccccc2N2CCOC2=O)nn1-c1ccccn1. The third-order valence-corrected chi connectivity index (χ3v) is 4.63. The summed E-state index contributed by atoms with van der Waals surface area (Å²) >= 11 is 0. The van der Waals surface area contributed by atoms with Gasteiger partial charge in [-0.05, 0) is 36.2 Å². The number of cyclic esters (lactones) is 1. The van der Waals surface area contributed by atoms with Crippen molar-refractivity contribution in [1.29, 1.82) is 0 Å². The predicted octanol–water partition coefficient (Wildman–Crippen LogP) is 3.60. The maximum atomic E-state index is 12.9. The zero-order valence-corrected chi connectivity index (χ0v) is 16.2. The van der Waals surface area contributed by atoms with Gasteiger partial charge in [-0.15, -0.1) is 0 Å². The van der Waals surface area contributed by atoms with E-state index < -0.39 is 6.09 Å². The smallest absolute Gasteiger partial charge is 0.414 e. The molecule has 8 nitrogen and oxygen atoms in total. The molecule has 0 unspecified atom stereocenters. The summed E-state index contributed by atoms with van der Waals surface area (Å²) in [5.74, 6) is 0.440. The molecule has 1 fully saturated rings. The van der Waals surface area contributed by atoms with Crippen LogP contribution in [0.1, 0.15) is 35.9 Å². The summed E-state index contributed by atoms with van der Waals surface area (Å²) in [6.45, 7) is 4.84. The lowest BCUT2D eigenvalue weighted by Gasteiger charge is -2.17. The first-order valence-corrected chi connectivity index (χ1v) is 9.40. The van der Waals surface area contributed by atoms with Gasteiger partial charge in [0.05, 0.1) is 17.9 Å². The van der Waals surface area contributed by atoms with Gasteiger partial charge in [0.1, 0.15) is 6.61 Å². The maximum Gasteiger partial charge on any atom is 0.414 e. The highest BCUT2D eigenvalue weighted by molar-refractivity contribution is 6.06. The minimum atomic E-state index is -0.423. The van der Waals surface area contributed by atoms with Crippen LogP contribution in [0.2, 0.25) is 0 Å². The van der Waals surface area contributed by atoms with Gasteiger partial charge >= 0.3 is 6.09 Å². The predicted molar refractivity (Wildman–Crippen MR) is 109 cm³/mol. The molecular formula is C21H21N5O3. The van der Waals surface area contributed by atoms with Gasteiger partial charge in [0.2, 0.25) is 0 Å². The van der Waals surface area contributed by atoms with Crippen LogP contribution >= 0.6 is 0 Å². The van der Waals surface area contributed by atoms with Crippen LogP contribution in [0, 0.1) is 0 Å². The molecule has 0 atom stereocenters. The molecule has 4 rings (SSSR count). The number of rotatable bonds is 5. The van der Waals surface area contributed by atoms with Crippen LogP contribution in [-0.4, -0.2) is 39.9 Å². The van der Waals surface area contributed by atoms with Gasteiger partial charge in [-0.1, -0.05) is 32.0 Å². The van der Waals surface area contributed by atoms with E-state index in [4.69, 9.17) is 4.74 Å². The monoisotopic (exact) mass is 391 g/mol. The molecule has 29 heavy (non-hydrogen) atoms. The van der Waals surface area contributed by atoms with Crippen molar-refractivity contribution in [2.45, 2.75) is 19.8 Å². The molecule has 0 aliphatic carbocycles. The van der Waals surface area contributed by atoms with Crippen LogP contribution < -0.4 is 10.2 Å². The highest BCUT2D eigenvalue weighted by Gasteiger charge is 2.26. The molecule has 3 aromatic rings. The minimum Gasteiger partial charge on any atom is -0.447 e. The average molecular weight is 391 g/mol. The second kappa shape index (κ2) is 7.75. The number of para-hydroxylation sites is 2. The molecule has 1 aliphatic heterocycles. The summed E-state index contributed by atoms with van der Waals surface area (Å²) in [5.41, 5.74) is 2.27. The molecule has 148 valence electrons. The largest absolute Gasteiger partial charge is 0.447 e. The van der Waals surface area contributed by atoms with E-state index in [1.54, 1.807) is 35.1 Å². The van der Waals surface area contributed by atoms with Crippen LogP contribution in [0.15, 0.2) is 54.7 Å². The number of carbonyl (C=O) groups excluding carboxylic acids is 2. The van der Waals surface area contributed by atoms with Crippen molar-refractivity contribution in [1.82, 2.24) is 14.8 Å². The van der Waals surface area contributed by atoms with Crippen LogP contribution in [0.25, 0.3) is 5.82 Å². The van der Waals surface area contributed by atoms with Crippen LogP contribution in [0.3, 0.4) is 0 Å². The number of carbonyl (C=O) groups is 2. The fourth-order valence-corrected chi connectivity index (χ4v) is 3.19. The Kier molecular flexibility index (Phi) is 4.99. The molecule has 0 radical (unpaired) electrons. The van der Waals surface area contributed by atoms with Gasteiger partial charge in [0.25, 0.3) is 5.91 Å². The van der Waals surface area contributed by atoms with E-state index in [0.717, 1.165) is 5.69 Å². The van der Waals surface area contributed by atoms with E-state index >= 15 is 0 Å². The molecule has 2 amide bonds. The quantitative estimate of drug-likeness (QED) is 0.718. The van der Waals surface area contributed by atoms with Gasteiger partial charge in [-0.3, -0.25) is 9.69 Å². The zero-order valence-electron chi connectivity index (χ0n) is 16.2. The zero-order chi connectivity index (χ0) is 20.4. The third-order valence-electron chi connectivity index (χ3n) is 4.63. The summed E-state index contributed by atoms with van der Waals surface area (Å²) in [6, 6.07) is 14.4. The van der Waals surface area contributed by atoms with E-state index in [-0.39, 0.29) is 17.5 Å². The van der Waals surface area contributed by atoms with Crippen molar-refractivity contribution in [2.75, 3.05) is 23.4 Å². The number of benzene rings is 1. The van der Waals surface area contributed by atoms with Crippen molar-refractivity contribution in [2.24, 2.45) is 0 Å². The molecule has 1 aliphatic rings. The number of aromatic nitrogens is 3. The van der Waals surface area contributed by atoms with Gasteiger partial charge in [0.15, 0.2) is 11.5 Å². The van der Waals surface area contributed by atoms with Crippen molar-refractivity contribution >= 4 is 23.4 Å². The summed E-state index contributed by atoms with van der Waals surface area (Å²) in [7, 11) is 0. The number of ether oxygens (including phenoxy) is 1. The molecule has 0 bridgehead atoms. The lowest BCUT2D eigenvalue weighted by atomic mass is 10.1. The Morgan fingerprint density at radius 2 is 1.97 bits per heavy atom. The molecule has 1 saturated heterocycles. The Morgan fingerprint density at radius 3 is 2.66 bits per heavy atom. The first-order valence-electron chi connectivity index (χ1n) is 9.40. The topological polar surface area (TPSA) is 89.4 Å². The first-order chi connectivity index (χ1) is 14.0. The van der Waals surface area contributed by atoms with E-state index in [2.05, 4.69) is 15.4 Å². The lowest BCUT2D eigenvalue weighted by Crippen LogP contribution is -2.25. The molecule has 0 spiro atoms. The Bertz CT molecular complexity index is 1050. The molecule has 8 heteroatoms. The highest BCUT2D eigenvalue weighted by Crippen LogP contribution is 2.28. The van der Waals surface area contributed by atoms with Gasteiger partial charge in [-0.25, -0.2) is 14.5 Å². The Morgan fingerprint density at radius 1 is 1.17 bits per heavy atom. The van der Waals surface area contributed by atoms with Crippen molar-refractivity contribution in [3.05, 3.63) is 66.1 Å². The van der Waals surface area contributed by atoms with E-state index in [9.17, 15) is 9.59 Å². The van der Waals surface area contributed by atoms with Crippen LogP contribution in [0.4, 0.5) is 16.2 Å². The second-order valence-electron chi connectivity index (χ2n) is 6.95. The van der Waals surface area contributed by atoms with Crippen LogP contribution in [-0.2, 0) is 4.74 Å². The number of anilines is 2. The van der Waals surface area contributed by atoms with Crippen molar-refractivity contribution in [3.8, 4) is 5.82 Å². The fraction of sp³-hybridized carbons (Fsp3) is 0.238. The summed E-state index contributed by atoms with van der Waals surface area (Å²) < 4.78 is 6.69. The number of pyridine rings is 1. The average Bonchev–Trinajstić information content (AvgIpc) is 3.36. The van der Waals surface area contributed by atoms with Gasteiger partial charge in [0, 0.05) is 11.9 Å². The highest BCUT2D eigenvalue weighted by atomic mass is 16.6. The van der Waals surface area contributed by atoms with Gasteiger partial charge < -0.3 is 10.1 Å². The van der Waals surface area contributed by atoms with Crippen molar-refractivity contribution < 1.29 is 14.3 Å². The molecular weight excluding hydrogens is 370 g/mol. The summed E-state index contributed by atoms with van der Waals surface area (Å²) in [4.78, 5) is 30.7. The third kappa shape index (κ3) is 3.69. The summed E-state index contributed by atoms with van der Waals surface area (Å²) in [5, 5.41) is 7.35. The number of amides is 2. The normalized spacial score (nSPS) is 13.6. The van der Waals surface area contributed by atoms with E-state index in [1.807, 2.05) is 38.1 Å². The molecule has 3 heterocycles. The number of nitrogens with one attached hydrogen (secondary N) is 1. The van der Waals surface area contributed by atoms with E-state index in [0.29, 0.717) is 30.3 Å². The molecule has 1 aromatic carbocycles. The summed E-state index contributed by atoms with van der Waals surface area (Å²) in [6.07, 6.45) is 1.26. The maximum absolute atomic E-state index is 12.9. The Hall–Kier alpha value is -3.68. The lowest BCUT2D eigenvalue weighted by molar-refractivity contribution is 0.102. The van der Waals surface area contributed by atoms with E-state index in [1.165, 1.54) is 4.90 Å². The number of hydrogen-bond acceptors (Lipinski definition) is 5.